The van der Waals surface area contributed by atoms with Gasteiger partial charge >= 0.3 is 0 Å². The molecule has 1 N–H and O–H groups in total. The van der Waals surface area contributed by atoms with Crippen molar-refractivity contribution in [2.75, 3.05) is 13.1 Å². The molecule has 1 fully saturated rings. The molecule has 1 aromatic rings. The Morgan fingerprint density at radius 1 is 1.47 bits per heavy atom. The molecule has 0 spiro atoms. The maximum atomic E-state index is 13.5. The van der Waals surface area contributed by atoms with Crippen molar-refractivity contribution in [2.45, 2.75) is 25.9 Å². The molecule has 1 aliphatic rings. The maximum absolute atomic E-state index is 13.5. The number of carbonyl (C=O) groups is 1. The SMILES string of the molecule is CC1NCCCN(Cc2ccccc2F)C1=O. The molecule has 2 rings (SSSR count). The molecule has 1 amide bonds. The second-order valence-electron chi connectivity index (χ2n) is 4.38. The molecule has 1 aliphatic heterocycles. The molecular formula is C13H17FN2O. The van der Waals surface area contributed by atoms with Crippen molar-refractivity contribution in [3.05, 3.63) is 35.6 Å². The van der Waals surface area contributed by atoms with Gasteiger partial charge in [0.05, 0.1) is 6.04 Å². The van der Waals surface area contributed by atoms with Crippen LogP contribution in [0.3, 0.4) is 0 Å². The smallest absolute Gasteiger partial charge is 0.239 e. The zero-order valence-electron chi connectivity index (χ0n) is 9.95. The van der Waals surface area contributed by atoms with Crippen LogP contribution in [0.2, 0.25) is 0 Å². The third-order valence-corrected chi connectivity index (χ3v) is 3.06. The van der Waals surface area contributed by atoms with Crippen LogP contribution in [0.5, 0.6) is 0 Å². The summed E-state index contributed by atoms with van der Waals surface area (Å²) in [5.41, 5.74) is 0.579. The van der Waals surface area contributed by atoms with Crippen LogP contribution in [0.25, 0.3) is 0 Å². The number of hydrogen-bond acceptors (Lipinski definition) is 2. The van der Waals surface area contributed by atoms with Crippen LogP contribution in [-0.4, -0.2) is 29.9 Å². The molecule has 3 nitrogen and oxygen atoms in total. The first-order valence-corrected chi connectivity index (χ1v) is 5.94. The van der Waals surface area contributed by atoms with Gasteiger partial charge in [0.15, 0.2) is 0 Å². The second kappa shape index (κ2) is 5.27. The third kappa shape index (κ3) is 2.82. The zero-order chi connectivity index (χ0) is 12.3. The largest absolute Gasteiger partial charge is 0.337 e. The summed E-state index contributed by atoms with van der Waals surface area (Å²) in [6.45, 7) is 3.73. The predicted octanol–water partition coefficient (Wildman–Crippen LogP) is 1.54. The van der Waals surface area contributed by atoms with Crippen LogP contribution in [0.4, 0.5) is 4.39 Å². The number of amides is 1. The highest BCUT2D eigenvalue weighted by atomic mass is 19.1. The van der Waals surface area contributed by atoms with Crippen molar-refractivity contribution in [3.63, 3.8) is 0 Å². The predicted molar refractivity (Wildman–Crippen MR) is 63.9 cm³/mol. The molecule has 1 atom stereocenters. The number of hydrogen-bond donors (Lipinski definition) is 1. The summed E-state index contributed by atoms with van der Waals surface area (Å²) in [5, 5.41) is 3.14. The molecule has 0 bridgehead atoms. The van der Waals surface area contributed by atoms with Gasteiger partial charge in [0.25, 0.3) is 0 Å². The molecule has 92 valence electrons. The molecule has 1 aromatic carbocycles. The van der Waals surface area contributed by atoms with E-state index in [-0.39, 0.29) is 17.8 Å². The second-order valence-corrected chi connectivity index (χ2v) is 4.38. The molecule has 4 heteroatoms. The summed E-state index contributed by atoms with van der Waals surface area (Å²) in [5.74, 6) is -0.198. The van der Waals surface area contributed by atoms with Crippen molar-refractivity contribution in [2.24, 2.45) is 0 Å². The van der Waals surface area contributed by atoms with Gasteiger partial charge in [0.2, 0.25) is 5.91 Å². The normalized spacial score (nSPS) is 21.4. The van der Waals surface area contributed by atoms with Gasteiger partial charge in [0.1, 0.15) is 5.82 Å². The van der Waals surface area contributed by atoms with E-state index in [1.807, 2.05) is 6.92 Å². The maximum Gasteiger partial charge on any atom is 0.239 e. The van der Waals surface area contributed by atoms with Gasteiger partial charge in [-0.15, -0.1) is 0 Å². The first-order valence-electron chi connectivity index (χ1n) is 5.94. The minimum absolute atomic E-state index is 0.0470. The summed E-state index contributed by atoms with van der Waals surface area (Å²) in [7, 11) is 0. The Morgan fingerprint density at radius 2 is 2.24 bits per heavy atom. The van der Waals surface area contributed by atoms with Crippen LogP contribution in [-0.2, 0) is 11.3 Å². The quantitative estimate of drug-likeness (QED) is 0.844. The van der Waals surface area contributed by atoms with Gasteiger partial charge in [-0.1, -0.05) is 18.2 Å². The van der Waals surface area contributed by atoms with Gasteiger partial charge in [-0.05, 0) is 26.0 Å². The topological polar surface area (TPSA) is 32.3 Å². The number of halogens is 1. The van der Waals surface area contributed by atoms with Gasteiger partial charge < -0.3 is 10.2 Å². The first kappa shape index (κ1) is 12.0. The fourth-order valence-electron chi connectivity index (χ4n) is 2.05. The van der Waals surface area contributed by atoms with Crippen LogP contribution in [0, 0.1) is 5.82 Å². The van der Waals surface area contributed by atoms with Gasteiger partial charge in [0, 0.05) is 18.7 Å². The minimum Gasteiger partial charge on any atom is -0.337 e. The highest BCUT2D eigenvalue weighted by Gasteiger charge is 2.23. The first-order chi connectivity index (χ1) is 8.18. The van der Waals surface area contributed by atoms with Crippen LogP contribution in [0.1, 0.15) is 18.9 Å². The van der Waals surface area contributed by atoms with E-state index >= 15 is 0 Å². The standard InChI is InChI=1S/C13H17FN2O/c1-10-13(17)16(8-4-7-15-10)9-11-5-2-3-6-12(11)14/h2-3,5-6,10,15H,4,7-9H2,1H3. The number of carbonyl (C=O) groups excluding carboxylic acids is 1. The number of rotatable bonds is 2. The van der Waals surface area contributed by atoms with E-state index < -0.39 is 0 Å². The minimum atomic E-state index is -0.245. The molecule has 0 aromatic heterocycles. The van der Waals surface area contributed by atoms with E-state index in [0.29, 0.717) is 18.7 Å². The van der Waals surface area contributed by atoms with Gasteiger partial charge in [-0.25, -0.2) is 4.39 Å². The van der Waals surface area contributed by atoms with Gasteiger partial charge in [-0.2, -0.15) is 0 Å². The van der Waals surface area contributed by atoms with Crippen molar-refractivity contribution < 1.29 is 9.18 Å². The van der Waals surface area contributed by atoms with E-state index in [9.17, 15) is 9.18 Å². The average molecular weight is 236 g/mol. The zero-order valence-corrected chi connectivity index (χ0v) is 9.95. The van der Waals surface area contributed by atoms with E-state index in [4.69, 9.17) is 0 Å². The Bertz CT molecular complexity index is 408. The van der Waals surface area contributed by atoms with Crippen molar-refractivity contribution in [1.82, 2.24) is 10.2 Å². The molecule has 1 unspecified atom stereocenters. The lowest BCUT2D eigenvalue weighted by Gasteiger charge is -2.22. The Morgan fingerprint density at radius 3 is 3.00 bits per heavy atom. The lowest BCUT2D eigenvalue weighted by atomic mass is 10.2. The lowest BCUT2D eigenvalue weighted by molar-refractivity contribution is -0.132. The highest BCUT2D eigenvalue weighted by molar-refractivity contribution is 5.81. The molecule has 17 heavy (non-hydrogen) atoms. The summed E-state index contributed by atoms with van der Waals surface area (Å²) >= 11 is 0. The van der Waals surface area contributed by atoms with Crippen LogP contribution >= 0.6 is 0 Å². The summed E-state index contributed by atoms with van der Waals surface area (Å²) in [4.78, 5) is 13.7. The average Bonchev–Trinajstić information content (AvgIpc) is 2.47. The number of benzene rings is 1. The highest BCUT2D eigenvalue weighted by Crippen LogP contribution is 2.12. The van der Waals surface area contributed by atoms with Gasteiger partial charge in [-0.3, -0.25) is 4.79 Å². The third-order valence-electron chi connectivity index (χ3n) is 3.06. The fourth-order valence-corrected chi connectivity index (χ4v) is 2.05. The van der Waals surface area contributed by atoms with Crippen LogP contribution in [0.15, 0.2) is 24.3 Å². The Balaban J connectivity index is 2.12. The van der Waals surface area contributed by atoms with E-state index in [0.717, 1.165) is 13.0 Å². The molecule has 0 saturated carbocycles. The van der Waals surface area contributed by atoms with Crippen molar-refractivity contribution in [1.29, 1.82) is 0 Å². The summed E-state index contributed by atoms with van der Waals surface area (Å²) in [6, 6.07) is 6.44. The fraction of sp³-hybridized carbons (Fsp3) is 0.462. The van der Waals surface area contributed by atoms with Crippen molar-refractivity contribution >= 4 is 5.91 Å². The monoisotopic (exact) mass is 236 g/mol. The molecule has 1 saturated heterocycles. The Labute approximate surface area is 101 Å². The molecule has 1 heterocycles. The lowest BCUT2D eigenvalue weighted by Crippen LogP contribution is -2.41. The van der Waals surface area contributed by atoms with Crippen molar-refractivity contribution in [3.8, 4) is 0 Å². The molecule has 0 aliphatic carbocycles. The summed E-state index contributed by atoms with van der Waals surface area (Å²) in [6.07, 6.45) is 0.907. The number of nitrogens with zero attached hydrogens (tertiary/aromatic N) is 1. The van der Waals surface area contributed by atoms with E-state index in [1.54, 1.807) is 23.1 Å². The summed E-state index contributed by atoms with van der Waals surface area (Å²) < 4.78 is 13.5. The van der Waals surface area contributed by atoms with E-state index in [2.05, 4.69) is 5.32 Å². The van der Waals surface area contributed by atoms with E-state index in [1.165, 1.54) is 6.07 Å². The molecule has 0 radical (unpaired) electrons. The Kier molecular flexibility index (Phi) is 3.74. The Hall–Kier alpha value is -1.42. The number of nitrogens with one attached hydrogen (secondary N) is 1. The molecular weight excluding hydrogens is 219 g/mol. The van der Waals surface area contributed by atoms with Crippen LogP contribution < -0.4 is 5.32 Å².